The fourth-order valence-electron chi connectivity index (χ4n) is 4.13. The number of carbonyl (C=O) groups is 2. The fourth-order valence-corrected chi connectivity index (χ4v) is 4.13. The first-order valence-corrected chi connectivity index (χ1v) is 10.1. The van der Waals surface area contributed by atoms with E-state index < -0.39 is 6.10 Å². The largest absolute Gasteiger partial charge is 0.394 e. The molecule has 0 radical (unpaired) electrons. The average Bonchev–Trinajstić information content (AvgIpc) is 3.54. The topological polar surface area (TPSA) is 78.9 Å². The molecule has 1 aromatic carbocycles. The maximum atomic E-state index is 12.7. The molecule has 2 amide bonds. The summed E-state index contributed by atoms with van der Waals surface area (Å²) < 4.78 is 5.97. The van der Waals surface area contributed by atoms with Crippen LogP contribution in [0.5, 0.6) is 0 Å². The Morgan fingerprint density at radius 1 is 1.15 bits per heavy atom. The second-order valence-electron chi connectivity index (χ2n) is 7.98. The van der Waals surface area contributed by atoms with Gasteiger partial charge >= 0.3 is 0 Å². The molecule has 3 aliphatic rings. The summed E-state index contributed by atoms with van der Waals surface area (Å²) in [5, 5.41) is 12.7. The minimum atomic E-state index is -0.429. The number of nitrogens with one attached hydrogen (secondary N) is 1. The van der Waals surface area contributed by atoms with E-state index in [1.165, 1.54) is 11.1 Å². The van der Waals surface area contributed by atoms with Gasteiger partial charge in [-0.15, -0.1) is 0 Å². The molecule has 0 aromatic heterocycles. The Morgan fingerprint density at radius 3 is 2.67 bits per heavy atom. The van der Waals surface area contributed by atoms with Gasteiger partial charge in [0.05, 0.1) is 25.2 Å². The van der Waals surface area contributed by atoms with E-state index in [1.807, 2.05) is 17.0 Å². The van der Waals surface area contributed by atoms with Crippen LogP contribution in [-0.4, -0.2) is 53.2 Å². The first-order valence-electron chi connectivity index (χ1n) is 10.1. The summed E-state index contributed by atoms with van der Waals surface area (Å²) in [7, 11) is 0. The number of hydrogen-bond acceptors (Lipinski definition) is 4. The molecule has 2 heterocycles. The monoisotopic (exact) mass is 372 g/mol. The predicted molar refractivity (Wildman–Crippen MR) is 99.8 cm³/mol. The van der Waals surface area contributed by atoms with Gasteiger partial charge in [0.25, 0.3) is 0 Å². The lowest BCUT2D eigenvalue weighted by molar-refractivity contribution is -0.143. The second-order valence-corrected chi connectivity index (χ2v) is 7.98. The van der Waals surface area contributed by atoms with Crippen LogP contribution in [0.25, 0.3) is 0 Å². The van der Waals surface area contributed by atoms with E-state index in [2.05, 4.69) is 17.4 Å². The lowest BCUT2D eigenvalue weighted by Gasteiger charge is -2.37. The van der Waals surface area contributed by atoms with E-state index in [9.17, 15) is 14.7 Å². The van der Waals surface area contributed by atoms with E-state index in [0.717, 1.165) is 38.6 Å². The molecular weight excluding hydrogens is 344 g/mol. The van der Waals surface area contributed by atoms with E-state index in [-0.39, 0.29) is 36.5 Å². The zero-order valence-electron chi connectivity index (χ0n) is 15.6. The van der Waals surface area contributed by atoms with Crippen molar-refractivity contribution in [2.24, 2.45) is 5.92 Å². The predicted octanol–water partition coefficient (Wildman–Crippen LogP) is 1.40. The molecule has 146 valence electrons. The average molecular weight is 372 g/mol. The lowest BCUT2D eigenvalue weighted by Crippen LogP contribution is -2.52. The molecule has 4 rings (SSSR count). The van der Waals surface area contributed by atoms with E-state index >= 15 is 0 Å². The number of fused-ring (bicyclic) bond motifs is 1. The maximum Gasteiger partial charge on any atom is 0.225 e. The van der Waals surface area contributed by atoms with Gasteiger partial charge in [0.15, 0.2) is 0 Å². The Morgan fingerprint density at radius 2 is 1.93 bits per heavy atom. The van der Waals surface area contributed by atoms with Crippen LogP contribution in [-0.2, 0) is 27.3 Å². The Kier molecular flexibility index (Phi) is 5.45. The molecule has 1 saturated carbocycles. The summed E-state index contributed by atoms with van der Waals surface area (Å²) in [5.74, 6) is 0.320. The van der Waals surface area contributed by atoms with Gasteiger partial charge in [-0.05, 0) is 43.2 Å². The van der Waals surface area contributed by atoms with Crippen molar-refractivity contribution in [1.29, 1.82) is 0 Å². The van der Waals surface area contributed by atoms with Crippen LogP contribution in [0.4, 0.5) is 0 Å². The van der Waals surface area contributed by atoms with Crippen LogP contribution in [0.1, 0.15) is 43.2 Å². The maximum absolute atomic E-state index is 12.7. The van der Waals surface area contributed by atoms with Crippen molar-refractivity contribution in [3.05, 3.63) is 35.4 Å². The molecule has 3 atom stereocenters. The van der Waals surface area contributed by atoms with Gasteiger partial charge in [0.2, 0.25) is 11.8 Å². The normalized spacial score (nSPS) is 27.7. The van der Waals surface area contributed by atoms with Gasteiger partial charge in [0, 0.05) is 19.0 Å². The molecule has 6 heteroatoms. The van der Waals surface area contributed by atoms with Crippen LogP contribution in [0.2, 0.25) is 0 Å². The Hall–Kier alpha value is -1.92. The SMILES string of the molecule is O=C(N[C@H]1CC[C@H](CC(=O)N2CCc3ccccc3C2)O[C@H]1CO)C1CC1. The molecule has 0 spiro atoms. The number of aliphatic hydroxyl groups excluding tert-OH is 1. The number of ether oxygens (including phenoxy) is 1. The van der Waals surface area contributed by atoms with Crippen LogP contribution in [0.3, 0.4) is 0 Å². The quantitative estimate of drug-likeness (QED) is 0.819. The van der Waals surface area contributed by atoms with E-state index in [0.29, 0.717) is 13.0 Å². The summed E-state index contributed by atoms with van der Waals surface area (Å²) in [4.78, 5) is 26.6. The smallest absolute Gasteiger partial charge is 0.225 e. The third-order valence-corrected chi connectivity index (χ3v) is 5.96. The molecule has 6 nitrogen and oxygen atoms in total. The van der Waals surface area contributed by atoms with Crippen LogP contribution in [0, 0.1) is 5.92 Å². The summed E-state index contributed by atoms with van der Waals surface area (Å²) in [6.45, 7) is 1.26. The summed E-state index contributed by atoms with van der Waals surface area (Å²) >= 11 is 0. The van der Waals surface area contributed by atoms with Crippen LogP contribution in [0.15, 0.2) is 24.3 Å². The van der Waals surface area contributed by atoms with Crippen molar-refractivity contribution >= 4 is 11.8 Å². The molecule has 2 aliphatic heterocycles. The number of amides is 2. The molecule has 2 N–H and O–H groups in total. The zero-order valence-corrected chi connectivity index (χ0v) is 15.6. The highest BCUT2D eigenvalue weighted by Gasteiger charge is 2.37. The van der Waals surface area contributed by atoms with Crippen molar-refractivity contribution < 1.29 is 19.4 Å². The minimum Gasteiger partial charge on any atom is -0.394 e. The number of rotatable bonds is 5. The summed E-state index contributed by atoms with van der Waals surface area (Å²) in [5.41, 5.74) is 2.54. The van der Waals surface area contributed by atoms with Crippen molar-refractivity contribution in [1.82, 2.24) is 10.2 Å². The highest BCUT2D eigenvalue weighted by atomic mass is 16.5. The zero-order chi connectivity index (χ0) is 18.8. The second kappa shape index (κ2) is 7.98. The molecule has 0 unspecified atom stereocenters. The van der Waals surface area contributed by atoms with Crippen molar-refractivity contribution in [3.63, 3.8) is 0 Å². The Labute approximate surface area is 159 Å². The van der Waals surface area contributed by atoms with Gasteiger partial charge in [-0.3, -0.25) is 9.59 Å². The van der Waals surface area contributed by atoms with E-state index in [1.54, 1.807) is 0 Å². The first kappa shape index (κ1) is 18.4. The summed E-state index contributed by atoms with van der Waals surface area (Å²) in [6, 6.07) is 8.11. The molecule has 27 heavy (non-hydrogen) atoms. The standard InChI is InChI=1S/C21H28N2O4/c24-13-19-18(22-21(26)15-5-6-15)8-7-17(27-19)11-20(25)23-10-9-14-3-1-2-4-16(14)12-23/h1-4,15,17-19,24H,5-13H2,(H,22,26)/t17-,18+,19+/m1/s1. The third-order valence-electron chi connectivity index (χ3n) is 5.96. The number of benzene rings is 1. The third kappa shape index (κ3) is 4.33. The van der Waals surface area contributed by atoms with Gasteiger partial charge in [-0.2, -0.15) is 0 Å². The Bertz CT molecular complexity index is 703. The molecule has 1 aromatic rings. The van der Waals surface area contributed by atoms with Gasteiger partial charge < -0.3 is 20.1 Å². The highest BCUT2D eigenvalue weighted by Crippen LogP contribution is 2.30. The lowest BCUT2D eigenvalue weighted by atomic mass is 9.95. The summed E-state index contributed by atoms with van der Waals surface area (Å²) in [6.07, 6.45) is 3.98. The van der Waals surface area contributed by atoms with Gasteiger partial charge in [-0.1, -0.05) is 24.3 Å². The molecular formula is C21H28N2O4. The number of carbonyl (C=O) groups excluding carboxylic acids is 2. The Balaban J connectivity index is 1.29. The fraction of sp³-hybridized carbons (Fsp3) is 0.619. The van der Waals surface area contributed by atoms with Crippen LogP contribution < -0.4 is 5.32 Å². The van der Waals surface area contributed by atoms with E-state index in [4.69, 9.17) is 4.74 Å². The minimum absolute atomic E-state index is 0.0727. The van der Waals surface area contributed by atoms with Gasteiger partial charge in [-0.25, -0.2) is 0 Å². The molecule has 2 fully saturated rings. The van der Waals surface area contributed by atoms with Crippen molar-refractivity contribution in [2.75, 3.05) is 13.2 Å². The van der Waals surface area contributed by atoms with Crippen molar-refractivity contribution in [3.8, 4) is 0 Å². The number of aliphatic hydroxyl groups is 1. The van der Waals surface area contributed by atoms with Crippen molar-refractivity contribution in [2.45, 2.75) is 63.3 Å². The first-order chi connectivity index (χ1) is 13.1. The number of hydrogen-bond donors (Lipinski definition) is 2. The molecule has 1 saturated heterocycles. The number of nitrogens with zero attached hydrogens (tertiary/aromatic N) is 1. The highest BCUT2D eigenvalue weighted by molar-refractivity contribution is 5.81. The van der Waals surface area contributed by atoms with Crippen LogP contribution >= 0.6 is 0 Å². The molecule has 1 aliphatic carbocycles. The van der Waals surface area contributed by atoms with Gasteiger partial charge in [0.1, 0.15) is 6.10 Å². The molecule has 0 bridgehead atoms.